The molecule has 0 spiro atoms. The standard InChI is InChI=1S/C15H21N3O3S/c1-18(2)15(7-9-21-10-8-15)11-16-14-12-5-3-4-6-13(12)22(19,20)17-14/h3-6H,7-11H2,1-2H3,(H,16,17). The predicted molar refractivity (Wildman–Crippen MR) is 84.6 cm³/mol. The molecule has 0 radical (unpaired) electrons. The van der Waals surface area contributed by atoms with Crippen LogP contribution in [0.2, 0.25) is 0 Å². The van der Waals surface area contributed by atoms with E-state index in [-0.39, 0.29) is 5.54 Å². The minimum atomic E-state index is -3.47. The molecule has 0 atom stereocenters. The van der Waals surface area contributed by atoms with Crippen LogP contribution in [0, 0.1) is 0 Å². The van der Waals surface area contributed by atoms with Crippen molar-refractivity contribution in [3.05, 3.63) is 29.8 Å². The molecule has 1 aromatic rings. The van der Waals surface area contributed by atoms with Gasteiger partial charge in [0.25, 0.3) is 10.0 Å². The molecule has 0 unspecified atom stereocenters. The van der Waals surface area contributed by atoms with Gasteiger partial charge in [0.15, 0.2) is 0 Å². The Morgan fingerprint density at radius 3 is 2.64 bits per heavy atom. The number of benzene rings is 1. The Hall–Kier alpha value is -1.44. The van der Waals surface area contributed by atoms with E-state index in [9.17, 15) is 8.42 Å². The number of rotatable bonds is 3. The molecule has 2 aliphatic heterocycles. The SMILES string of the molecule is CN(C)C1(CN=C2NS(=O)(=O)c3ccccc32)CCOCC1. The third kappa shape index (κ3) is 2.64. The molecule has 3 rings (SSSR count). The molecule has 2 aliphatic rings. The first-order valence-electron chi connectivity index (χ1n) is 7.36. The lowest BCUT2D eigenvalue weighted by molar-refractivity contribution is -0.00249. The van der Waals surface area contributed by atoms with Crippen LogP contribution in [0.1, 0.15) is 18.4 Å². The quantitative estimate of drug-likeness (QED) is 0.895. The molecular formula is C15H21N3O3S. The van der Waals surface area contributed by atoms with Gasteiger partial charge in [0, 0.05) is 24.3 Å². The fraction of sp³-hybridized carbons (Fsp3) is 0.533. The number of sulfonamides is 1. The second-order valence-corrected chi connectivity index (χ2v) is 7.65. The number of ether oxygens (including phenoxy) is 1. The van der Waals surface area contributed by atoms with Gasteiger partial charge in [-0.25, -0.2) is 8.42 Å². The average molecular weight is 323 g/mol. The zero-order valence-corrected chi connectivity index (χ0v) is 13.7. The van der Waals surface area contributed by atoms with Crippen molar-refractivity contribution >= 4 is 15.9 Å². The topological polar surface area (TPSA) is 71.0 Å². The van der Waals surface area contributed by atoms with E-state index in [1.807, 2.05) is 20.2 Å². The van der Waals surface area contributed by atoms with Crippen molar-refractivity contribution in [2.45, 2.75) is 23.3 Å². The summed E-state index contributed by atoms with van der Waals surface area (Å²) in [4.78, 5) is 7.09. The average Bonchev–Trinajstić information content (AvgIpc) is 2.78. The molecule has 0 amide bonds. The van der Waals surface area contributed by atoms with Crippen LogP contribution in [-0.4, -0.2) is 58.5 Å². The lowest BCUT2D eigenvalue weighted by Gasteiger charge is -2.41. The molecule has 2 heterocycles. The molecule has 0 saturated carbocycles. The summed E-state index contributed by atoms with van der Waals surface area (Å²) in [6, 6.07) is 6.95. The molecule has 1 N–H and O–H groups in total. The fourth-order valence-corrected chi connectivity index (χ4v) is 4.23. The maximum absolute atomic E-state index is 12.1. The van der Waals surface area contributed by atoms with E-state index in [4.69, 9.17) is 4.74 Å². The highest BCUT2D eigenvalue weighted by Gasteiger charge is 2.36. The summed E-state index contributed by atoms with van der Waals surface area (Å²) in [5.41, 5.74) is 0.581. The van der Waals surface area contributed by atoms with Gasteiger partial charge >= 0.3 is 0 Å². The normalized spacial score (nSPS) is 24.2. The van der Waals surface area contributed by atoms with E-state index in [1.54, 1.807) is 18.2 Å². The van der Waals surface area contributed by atoms with Gasteiger partial charge in [-0.15, -0.1) is 0 Å². The lowest BCUT2D eigenvalue weighted by Crippen LogP contribution is -2.51. The van der Waals surface area contributed by atoms with Gasteiger partial charge < -0.3 is 9.64 Å². The van der Waals surface area contributed by atoms with E-state index < -0.39 is 10.0 Å². The largest absolute Gasteiger partial charge is 0.381 e. The number of aliphatic imine (C=N–C) groups is 1. The summed E-state index contributed by atoms with van der Waals surface area (Å²) in [5, 5.41) is 0. The Balaban J connectivity index is 1.90. The summed E-state index contributed by atoms with van der Waals surface area (Å²) in [7, 11) is 0.613. The van der Waals surface area contributed by atoms with Crippen LogP contribution in [0.5, 0.6) is 0 Å². The number of nitrogens with one attached hydrogen (secondary N) is 1. The Bertz CT molecular complexity index is 692. The number of amidine groups is 1. The Morgan fingerprint density at radius 1 is 1.27 bits per heavy atom. The Kier molecular flexibility index (Phi) is 3.96. The zero-order chi connectivity index (χ0) is 15.8. The summed E-state index contributed by atoms with van der Waals surface area (Å²) < 4.78 is 32.2. The highest BCUT2D eigenvalue weighted by molar-refractivity contribution is 7.90. The third-order valence-electron chi connectivity index (χ3n) is 4.57. The van der Waals surface area contributed by atoms with Gasteiger partial charge in [0.2, 0.25) is 0 Å². The van der Waals surface area contributed by atoms with Gasteiger partial charge in [-0.3, -0.25) is 9.71 Å². The number of hydrogen-bond acceptors (Lipinski definition) is 5. The molecular weight excluding hydrogens is 302 g/mol. The van der Waals surface area contributed by atoms with Crippen LogP contribution in [0.4, 0.5) is 0 Å². The highest BCUT2D eigenvalue weighted by Crippen LogP contribution is 2.28. The van der Waals surface area contributed by atoms with Gasteiger partial charge in [-0.05, 0) is 39.1 Å². The van der Waals surface area contributed by atoms with E-state index in [0.29, 0.717) is 36.1 Å². The summed E-state index contributed by atoms with van der Waals surface area (Å²) >= 11 is 0. The summed E-state index contributed by atoms with van der Waals surface area (Å²) in [5.74, 6) is 0.448. The molecule has 120 valence electrons. The van der Waals surface area contributed by atoms with E-state index in [0.717, 1.165) is 12.8 Å². The minimum Gasteiger partial charge on any atom is -0.381 e. The van der Waals surface area contributed by atoms with Crippen molar-refractivity contribution in [2.24, 2.45) is 4.99 Å². The van der Waals surface area contributed by atoms with Crippen molar-refractivity contribution in [1.29, 1.82) is 0 Å². The van der Waals surface area contributed by atoms with Crippen molar-refractivity contribution in [1.82, 2.24) is 9.62 Å². The first kappa shape index (κ1) is 15.5. The van der Waals surface area contributed by atoms with E-state index in [2.05, 4.69) is 14.6 Å². The second-order valence-electron chi connectivity index (χ2n) is 6.00. The van der Waals surface area contributed by atoms with Crippen molar-refractivity contribution < 1.29 is 13.2 Å². The van der Waals surface area contributed by atoms with Crippen molar-refractivity contribution in [3.63, 3.8) is 0 Å². The monoisotopic (exact) mass is 323 g/mol. The molecule has 1 aromatic carbocycles. The molecule has 0 aromatic heterocycles. The first-order valence-corrected chi connectivity index (χ1v) is 8.85. The third-order valence-corrected chi connectivity index (χ3v) is 5.96. The maximum atomic E-state index is 12.1. The second kappa shape index (κ2) is 5.64. The van der Waals surface area contributed by atoms with Crippen LogP contribution in [0.3, 0.4) is 0 Å². The molecule has 7 heteroatoms. The first-order chi connectivity index (χ1) is 10.4. The highest BCUT2D eigenvalue weighted by atomic mass is 32.2. The van der Waals surface area contributed by atoms with Crippen LogP contribution < -0.4 is 4.72 Å². The molecule has 1 saturated heterocycles. The summed E-state index contributed by atoms with van der Waals surface area (Å²) in [6.45, 7) is 1.98. The van der Waals surface area contributed by atoms with Crippen molar-refractivity contribution in [2.75, 3.05) is 33.9 Å². The molecule has 0 bridgehead atoms. The number of fused-ring (bicyclic) bond motifs is 1. The molecule has 0 aliphatic carbocycles. The predicted octanol–water partition coefficient (Wildman–Crippen LogP) is 0.836. The lowest BCUT2D eigenvalue weighted by atomic mass is 9.89. The fourth-order valence-electron chi connectivity index (χ4n) is 2.98. The van der Waals surface area contributed by atoms with Gasteiger partial charge in [-0.2, -0.15) is 0 Å². The van der Waals surface area contributed by atoms with E-state index >= 15 is 0 Å². The van der Waals surface area contributed by atoms with Gasteiger partial charge in [0.1, 0.15) is 5.84 Å². The zero-order valence-electron chi connectivity index (χ0n) is 12.9. The smallest absolute Gasteiger partial charge is 0.263 e. The molecule has 22 heavy (non-hydrogen) atoms. The van der Waals surface area contributed by atoms with Crippen molar-refractivity contribution in [3.8, 4) is 0 Å². The van der Waals surface area contributed by atoms with Gasteiger partial charge in [-0.1, -0.05) is 12.1 Å². The summed E-state index contributed by atoms with van der Waals surface area (Å²) in [6.07, 6.45) is 1.79. The number of likely N-dealkylation sites (N-methyl/N-ethyl adjacent to an activating group) is 1. The number of hydrogen-bond donors (Lipinski definition) is 1. The van der Waals surface area contributed by atoms with Crippen LogP contribution in [0.15, 0.2) is 34.2 Å². The Morgan fingerprint density at radius 2 is 1.95 bits per heavy atom. The van der Waals surface area contributed by atoms with Gasteiger partial charge in [0.05, 0.1) is 11.4 Å². The Labute approximate surface area is 131 Å². The van der Waals surface area contributed by atoms with Crippen LogP contribution in [-0.2, 0) is 14.8 Å². The number of nitrogens with zero attached hydrogens (tertiary/aromatic N) is 2. The van der Waals surface area contributed by atoms with Crippen LogP contribution >= 0.6 is 0 Å². The van der Waals surface area contributed by atoms with Crippen LogP contribution in [0.25, 0.3) is 0 Å². The molecule has 1 fully saturated rings. The molecule has 6 nitrogen and oxygen atoms in total. The van der Waals surface area contributed by atoms with E-state index in [1.165, 1.54) is 0 Å². The minimum absolute atomic E-state index is 0.0752. The maximum Gasteiger partial charge on any atom is 0.263 e.